The minimum absolute atomic E-state index is 0. The number of carbonyl (C=O) groups excluding carboxylic acids is 1. The second-order valence-corrected chi connectivity index (χ2v) is 6.57. The Bertz CT molecular complexity index is 246. The molecule has 1 saturated heterocycles. The molecule has 0 aliphatic carbocycles. The van der Waals surface area contributed by atoms with Crippen LogP contribution in [-0.4, -0.2) is 48.5 Å². The van der Waals surface area contributed by atoms with Crippen molar-refractivity contribution >= 4 is 30.1 Å². The highest BCUT2D eigenvalue weighted by molar-refractivity contribution is 7.99. The monoisotopic (exact) mass is 322 g/mol. The molecule has 0 spiro atoms. The predicted octanol–water partition coefficient (Wildman–Crippen LogP) is 3.18. The molecule has 0 unspecified atom stereocenters. The van der Waals surface area contributed by atoms with Crippen molar-refractivity contribution in [2.75, 3.05) is 37.7 Å². The fourth-order valence-corrected chi connectivity index (χ4v) is 3.42. The van der Waals surface area contributed by atoms with E-state index in [1.54, 1.807) is 0 Å². The van der Waals surface area contributed by atoms with Gasteiger partial charge in [0.25, 0.3) is 0 Å². The van der Waals surface area contributed by atoms with E-state index in [4.69, 9.17) is 0 Å². The quantitative estimate of drug-likeness (QED) is 0.662. The van der Waals surface area contributed by atoms with E-state index in [2.05, 4.69) is 24.1 Å². The highest BCUT2D eigenvalue weighted by atomic mass is 35.5. The lowest BCUT2D eigenvalue weighted by Gasteiger charge is -2.32. The first-order chi connectivity index (χ1) is 9.27. The van der Waals surface area contributed by atoms with Crippen LogP contribution in [0.15, 0.2) is 0 Å². The second-order valence-electron chi connectivity index (χ2n) is 5.35. The highest BCUT2D eigenvalue weighted by Crippen LogP contribution is 2.17. The van der Waals surface area contributed by atoms with Gasteiger partial charge < -0.3 is 10.2 Å². The van der Waals surface area contributed by atoms with Crippen molar-refractivity contribution in [1.82, 2.24) is 10.2 Å². The van der Waals surface area contributed by atoms with Gasteiger partial charge in [-0.1, -0.05) is 20.3 Å². The van der Waals surface area contributed by atoms with Gasteiger partial charge in [-0.15, -0.1) is 12.4 Å². The average molecular weight is 323 g/mol. The Morgan fingerprint density at radius 2 is 1.95 bits per heavy atom. The van der Waals surface area contributed by atoms with Crippen LogP contribution in [0.1, 0.15) is 46.0 Å². The number of nitrogens with zero attached hydrogens (tertiary/aromatic N) is 1. The normalized spacial score (nSPS) is 16.0. The Morgan fingerprint density at radius 1 is 1.25 bits per heavy atom. The van der Waals surface area contributed by atoms with Crippen LogP contribution in [0.5, 0.6) is 0 Å². The third-order valence-electron chi connectivity index (χ3n) is 3.75. The lowest BCUT2D eigenvalue weighted by atomic mass is 9.96. The molecule has 1 fully saturated rings. The number of likely N-dealkylation sites (tertiary alicyclic amines) is 1. The van der Waals surface area contributed by atoms with Gasteiger partial charge in [0.1, 0.15) is 0 Å². The Morgan fingerprint density at radius 3 is 2.55 bits per heavy atom. The van der Waals surface area contributed by atoms with Crippen LogP contribution in [0.4, 0.5) is 0 Å². The van der Waals surface area contributed by atoms with Gasteiger partial charge in [0.2, 0.25) is 5.91 Å². The largest absolute Gasteiger partial charge is 0.343 e. The van der Waals surface area contributed by atoms with Crippen molar-refractivity contribution in [2.45, 2.75) is 46.0 Å². The van der Waals surface area contributed by atoms with Gasteiger partial charge in [-0.2, -0.15) is 11.8 Å². The molecular weight excluding hydrogens is 292 g/mol. The zero-order valence-electron chi connectivity index (χ0n) is 13.0. The first kappa shape index (κ1) is 20.1. The van der Waals surface area contributed by atoms with Crippen LogP contribution in [0.3, 0.4) is 0 Å². The van der Waals surface area contributed by atoms with Crippen LogP contribution in [0, 0.1) is 5.92 Å². The minimum atomic E-state index is 0. The summed E-state index contributed by atoms with van der Waals surface area (Å²) in [5.41, 5.74) is 0. The molecule has 1 rings (SSSR count). The summed E-state index contributed by atoms with van der Waals surface area (Å²) in [5.74, 6) is 3.33. The molecule has 3 nitrogen and oxygen atoms in total. The predicted molar refractivity (Wildman–Crippen MR) is 91.9 cm³/mol. The lowest BCUT2D eigenvalue weighted by Crippen LogP contribution is -2.40. The number of amides is 1. The van der Waals surface area contributed by atoms with Crippen LogP contribution in [-0.2, 0) is 4.79 Å². The molecule has 5 heteroatoms. The van der Waals surface area contributed by atoms with Gasteiger partial charge in [0, 0.05) is 25.3 Å². The molecule has 1 heterocycles. The number of hydrogen-bond acceptors (Lipinski definition) is 3. The number of thioether (sulfide) groups is 1. The van der Waals surface area contributed by atoms with Crippen molar-refractivity contribution in [3.63, 3.8) is 0 Å². The highest BCUT2D eigenvalue weighted by Gasteiger charge is 2.21. The summed E-state index contributed by atoms with van der Waals surface area (Å²) < 4.78 is 0. The third kappa shape index (κ3) is 8.38. The topological polar surface area (TPSA) is 32.3 Å². The van der Waals surface area contributed by atoms with Crippen molar-refractivity contribution in [3.8, 4) is 0 Å². The number of piperidine rings is 1. The van der Waals surface area contributed by atoms with Gasteiger partial charge in [-0.25, -0.2) is 0 Å². The Balaban J connectivity index is 0.00000361. The molecule has 1 aliphatic heterocycles. The molecule has 0 radical (unpaired) electrons. The Labute approximate surface area is 135 Å². The maximum atomic E-state index is 12.0. The molecule has 0 aromatic carbocycles. The first-order valence-corrected chi connectivity index (χ1v) is 8.99. The van der Waals surface area contributed by atoms with Crippen LogP contribution < -0.4 is 5.32 Å². The van der Waals surface area contributed by atoms with Crippen molar-refractivity contribution in [1.29, 1.82) is 0 Å². The second kappa shape index (κ2) is 12.8. The summed E-state index contributed by atoms with van der Waals surface area (Å²) in [4.78, 5) is 14.1. The summed E-state index contributed by atoms with van der Waals surface area (Å²) in [6.45, 7) is 8.46. The van der Waals surface area contributed by atoms with Gasteiger partial charge in [0.05, 0.1) is 0 Å². The molecule has 0 atom stereocenters. The number of nitrogens with one attached hydrogen (secondary N) is 1. The van der Waals surface area contributed by atoms with Crippen LogP contribution in [0.2, 0.25) is 0 Å². The van der Waals surface area contributed by atoms with E-state index >= 15 is 0 Å². The zero-order chi connectivity index (χ0) is 13.9. The molecule has 0 bridgehead atoms. The smallest absolute Gasteiger partial charge is 0.223 e. The van der Waals surface area contributed by atoms with Gasteiger partial charge in [0.15, 0.2) is 0 Å². The molecule has 20 heavy (non-hydrogen) atoms. The number of halogens is 1. The number of carbonyl (C=O) groups is 1. The van der Waals surface area contributed by atoms with E-state index in [-0.39, 0.29) is 12.4 Å². The summed E-state index contributed by atoms with van der Waals surface area (Å²) in [7, 11) is 0. The van der Waals surface area contributed by atoms with Crippen LogP contribution >= 0.6 is 24.2 Å². The average Bonchev–Trinajstić information content (AvgIpc) is 2.45. The fourth-order valence-electron chi connectivity index (χ4n) is 2.40. The molecular formula is C15H31ClN2OS. The number of rotatable bonds is 9. The van der Waals surface area contributed by atoms with Gasteiger partial charge >= 0.3 is 0 Å². The van der Waals surface area contributed by atoms with Crippen LogP contribution in [0.25, 0.3) is 0 Å². The van der Waals surface area contributed by atoms with E-state index < -0.39 is 0 Å². The maximum Gasteiger partial charge on any atom is 0.223 e. The van der Waals surface area contributed by atoms with E-state index in [1.807, 2.05) is 11.8 Å². The maximum absolute atomic E-state index is 12.0. The van der Waals surface area contributed by atoms with E-state index in [1.165, 1.54) is 31.4 Å². The zero-order valence-corrected chi connectivity index (χ0v) is 14.7. The van der Waals surface area contributed by atoms with Crippen molar-refractivity contribution in [3.05, 3.63) is 0 Å². The SMILES string of the molecule is CCCCSCCC(=O)N1CCC(CNCC)CC1.Cl. The minimum Gasteiger partial charge on any atom is -0.343 e. The summed E-state index contributed by atoms with van der Waals surface area (Å²) in [5, 5.41) is 3.41. The third-order valence-corrected chi connectivity index (χ3v) is 4.82. The molecule has 1 N–H and O–H groups in total. The molecule has 1 amide bonds. The molecule has 120 valence electrons. The molecule has 0 saturated carbocycles. The standard InChI is InChI=1S/C15H30N2OS.ClH/c1-3-5-11-19-12-8-15(18)17-9-6-14(7-10-17)13-16-4-2;/h14,16H,3-13H2,1-2H3;1H. The van der Waals surface area contributed by atoms with E-state index in [9.17, 15) is 4.79 Å². The first-order valence-electron chi connectivity index (χ1n) is 7.84. The van der Waals surface area contributed by atoms with E-state index in [0.717, 1.165) is 44.3 Å². The van der Waals surface area contributed by atoms with Crippen molar-refractivity contribution in [2.24, 2.45) is 5.92 Å². The molecule has 1 aliphatic rings. The molecule has 0 aromatic rings. The van der Waals surface area contributed by atoms with Gasteiger partial charge in [-0.05, 0) is 44.0 Å². The fraction of sp³-hybridized carbons (Fsp3) is 0.933. The van der Waals surface area contributed by atoms with E-state index in [0.29, 0.717) is 5.91 Å². The number of hydrogen-bond donors (Lipinski definition) is 1. The van der Waals surface area contributed by atoms with Crippen molar-refractivity contribution < 1.29 is 4.79 Å². The summed E-state index contributed by atoms with van der Waals surface area (Å²) >= 11 is 1.92. The molecule has 0 aromatic heterocycles. The Kier molecular flexibility index (Phi) is 12.8. The summed E-state index contributed by atoms with van der Waals surface area (Å²) in [6.07, 6.45) is 5.59. The Hall–Kier alpha value is 0.0700. The number of unbranched alkanes of at least 4 members (excludes halogenated alkanes) is 1. The van der Waals surface area contributed by atoms with Gasteiger partial charge in [-0.3, -0.25) is 4.79 Å². The summed E-state index contributed by atoms with van der Waals surface area (Å²) in [6, 6.07) is 0. The lowest BCUT2D eigenvalue weighted by molar-refractivity contribution is -0.132.